The molecule has 3 heterocycles. The Balaban J connectivity index is 1.51. The predicted molar refractivity (Wildman–Crippen MR) is 108 cm³/mol. The maximum absolute atomic E-state index is 12.4. The van der Waals surface area contributed by atoms with Crippen LogP contribution in [0.3, 0.4) is 0 Å². The highest BCUT2D eigenvalue weighted by Gasteiger charge is 2.12. The van der Waals surface area contributed by atoms with Gasteiger partial charge in [0, 0.05) is 37.1 Å². The minimum Gasteiger partial charge on any atom is -0.439 e. The number of nitrogens with zero attached hydrogens (tertiary/aromatic N) is 3. The number of aromatic nitrogens is 4. The second kappa shape index (κ2) is 7.81. The number of hydrogen-bond acceptors (Lipinski definition) is 5. The van der Waals surface area contributed by atoms with Crippen LogP contribution in [0.1, 0.15) is 10.6 Å². The first-order valence-electron chi connectivity index (χ1n) is 8.81. The van der Waals surface area contributed by atoms with Gasteiger partial charge in [0.05, 0.1) is 17.6 Å². The van der Waals surface area contributed by atoms with E-state index in [2.05, 4.69) is 20.3 Å². The van der Waals surface area contributed by atoms with Gasteiger partial charge in [0.2, 0.25) is 11.4 Å². The molecule has 4 aromatic rings. The van der Waals surface area contributed by atoms with Crippen molar-refractivity contribution < 1.29 is 9.53 Å². The van der Waals surface area contributed by atoms with Crippen molar-refractivity contribution in [3.05, 3.63) is 89.4 Å². The summed E-state index contributed by atoms with van der Waals surface area (Å²) >= 11 is 0. The number of nitrogens with one attached hydrogen (secondary N) is 2. The number of rotatable bonds is 5. The fraction of sp³-hybridized carbons (Fsp3) is 0.0476. The lowest BCUT2D eigenvalue weighted by Gasteiger charge is -2.06. The number of anilines is 1. The number of aryl methyl sites for hydroxylation is 1. The minimum atomic E-state index is -0.407. The van der Waals surface area contributed by atoms with E-state index in [1.165, 1.54) is 10.6 Å². The van der Waals surface area contributed by atoms with Gasteiger partial charge in [-0.1, -0.05) is 18.2 Å². The standard InChI is InChI=1S/C21H17N5O3/c1-26-13-15(8-9-19(26)27)24-21(28)20-23-12-17(25-20)14-5-4-6-16(11-14)29-18-7-2-3-10-22-18/h2-13H,1H3,(H,23,25)(H,24,28). The fourth-order valence-electron chi connectivity index (χ4n) is 2.70. The maximum Gasteiger partial charge on any atom is 0.291 e. The van der Waals surface area contributed by atoms with Crippen LogP contribution in [0.15, 0.2) is 78.0 Å². The second-order valence-corrected chi connectivity index (χ2v) is 6.26. The third kappa shape index (κ3) is 4.22. The molecule has 29 heavy (non-hydrogen) atoms. The van der Waals surface area contributed by atoms with Gasteiger partial charge in [0.1, 0.15) is 5.75 Å². The van der Waals surface area contributed by atoms with Crippen LogP contribution < -0.4 is 15.6 Å². The molecule has 0 saturated heterocycles. The molecule has 0 bridgehead atoms. The van der Waals surface area contributed by atoms with Gasteiger partial charge in [-0.3, -0.25) is 9.59 Å². The second-order valence-electron chi connectivity index (χ2n) is 6.26. The van der Waals surface area contributed by atoms with Crippen molar-refractivity contribution >= 4 is 11.6 Å². The van der Waals surface area contributed by atoms with Crippen molar-refractivity contribution in [3.8, 4) is 22.9 Å². The zero-order valence-electron chi connectivity index (χ0n) is 15.5. The molecule has 0 radical (unpaired) electrons. The number of imidazole rings is 1. The molecule has 4 rings (SSSR count). The summed E-state index contributed by atoms with van der Waals surface area (Å²) in [4.78, 5) is 35.2. The molecule has 0 aliphatic heterocycles. The Bertz CT molecular complexity index is 1210. The average molecular weight is 387 g/mol. The number of carbonyl (C=O) groups is 1. The summed E-state index contributed by atoms with van der Waals surface area (Å²) in [6.45, 7) is 0. The van der Waals surface area contributed by atoms with E-state index < -0.39 is 5.91 Å². The summed E-state index contributed by atoms with van der Waals surface area (Å²) in [6.07, 6.45) is 4.78. The van der Waals surface area contributed by atoms with E-state index in [-0.39, 0.29) is 11.4 Å². The molecule has 2 N–H and O–H groups in total. The number of hydrogen-bond donors (Lipinski definition) is 2. The van der Waals surface area contributed by atoms with E-state index in [4.69, 9.17) is 4.74 Å². The summed E-state index contributed by atoms with van der Waals surface area (Å²) in [5.41, 5.74) is 1.83. The van der Waals surface area contributed by atoms with E-state index in [1.807, 2.05) is 36.4 Å². The van der Waals surface area contributed by atoms with Crippen LogP contribution >= 0.6 is 0 Å². The van der Waals surface area contributed by atoms with Crippen LogP contribution in [0.5, 0.6) is 11.6 Å². The van der Waals surface area contributed by atoms with Crippen molar-refractivity contribution in [3.63, 3.8) is 0 Å². The summed E-state index contributed by atoms with van der Waals surface area (Å²) in [7, 11) is 1.61. The Hall–Kier alpha value is -4.20. The van der Waals surface area contributed by atoms with Gasteiger partial charge in [0.25, 0.3) is 5.91 Å². The number of H-pyrrole nitrogens is 1. The highest BCUT2D eigenvalue weighted by molar-refractivity contribution is 6.01. The van der Waals surface area contributed by atoms with Crippen LogP contribution in [0, 0.1) is 0 Å². The Morgan fingerprint density at radius 1 is 1.10 bits per heavy atom. The van der Waals surface area contributed by atoms with E-state index >= 15 is 0 Å². The first kappa shape index (κ1) is 18.2. The van der Waals surface area contributed by atoms with Crippen molar-refractivity contribution in [2.45, 2.75) is 0 Å². The fourth-order valence-corrected chi connectivity index (χ4v) is 2.70. The van der Waals surface area contributed by atoms with Gasteiger partial charge in [0.15, 0.2) is 5.82 Å². The first-order chi connectivity index (χ1) is 14.1. The number of carbonyl (C=O) groups excluding carboxylic acids is 1. The summed E-state index contributed by atoms with van der Waals surface area (Å²) in [5, 5.41) is 2.71. The molecule has 8 heteroatoms. The number of aromatic amines is 1. The lowest BCUT2D eigenvalue weighted by molar-refractivity contribution is 0.101. The maximum atomic E-state index is 12.4. The Morgan fingerprint density at radius 2 is 2.00 bits per heavy atom. The molecule has 0 unspecified atom stereocenters. The largest absolute Gasteiger partial charge is 0.439 e. The third-order valence-corrected chi connectivity index (χ3v) is 4.14. The van der Waals surface area contributed by atoms with Crippen LogP contribution in [0.25, 0.3) is 11.3 Å². The number of pyridine rings is 2. The quantitative estimate of drug-likeness (QED) is 0.547. The van der Waals surface area contributed by atoms with E-state index in [0.717, 1.165) is 5.56 Å². The lowest BCUT2D eigenvalue weighted by Crippen LogP contribution is -2.18. The molecule has 0 aliphatic carbocycles. The van der Waals surface area contributed by atoms with Crippen LogP contribution in [0.2, 0.25) is 0 Å². The van der Waals surface area contributed by atoms with E-state index in [1.54, 1.807) is 37.8 Å². The van der Waals surface area contributed by atoms with Crippen molar-refractivity contribution in [1.29, 1.82) is 0 Å². The Kier molecular flexibility index (Phi) is 4.90. The van der Waals surface area contributed by atoms with Crippen LogP contribution in [-0.4, -0.2) is 25.4 Å². The smallest absolute Gasteiger partial charge is 0.291 e. The molecule has 8 nitrogen and oxygen atoms in total. The highest BCUT2D eigenvalue weighted by atomic mass is 16.5. The molecular weight excluding hydrogens is 370 g/mol. The summed E-state index contributed by atoms with van der Waals surface area (Å²) in [5.74, 6) is 0.860. The highest BCUT2D eigenvalue weighted by Crippen LogP contribution is 2.25. The first-order valence-corrected chi connectivity index (χ1v) is 8.81. The van der Waals surface area contributed by atoms with Gasteiger partial charge in [-0.05, 0) is 24.3 Å². The summed E-state index contributed by atoms with van der Waals surface area (Å²) < 4.78 is 7.13. The average Bonchev–Trinajstić information content (AvgIpc) is 3.22. The van der Waals surface area contributed by atoms with Crippen molar-refractivity contribution in [1.82, 2.24) is 19.5 Å². The Morgan fingerprint density at radius 3 is 2.79 bits per heavy atom. The lowest BCUT2D eigenvalue weighted by atomic mass is 10.1. The molecule has 1 amide bonds. The molecular formula is C21H17N5O3. The van der Waals surface area contributed by atoms with Crippen LogP contribution in [0.4, 0.5) is 5.69 Å². The zero-order chi connectivity index (χ0) is 20.2. The monoisotopic (exact) mass is 387 g/mol. The molecule has 0 aliphatic rings. The zero-order valence-corrected chi connectivity index (χ0v) is 15.5. The summed E-state index contributed by atoms with van der Waals surface area (Å²) in [6, 6.07) is 15.7. The van der Waals surface area contributed by atoms with Gasteiger partial charge in [-0.2, -0.15) is 0 Å². The van der Waals surface area contributed by atoms with E-state index in [9.17, 15) is 9.59 Å². The van der Waals surface area contributed by atoms with Crippen molar-refractivity contribution in [2.75, 3.05) is 5.32 Å². The molecule has 0 atom stereocenters. The predicted octanol–water partition coefficient (Wildman–Crippen LogP) is 3.21. The molecule has 144 valence electrons. The molecule has 0 fully saturated rings. The molecule has 0 saturated carbocycles. The van der Waals surface area contributed by atoms with E-state index in [0.29, 0.717) is 23.0 Å². The third-order valence-electron chi connectivity index (χ3n) is 4.14. The van der Waals surface area contributed by atoms with Gasteiger partial charge >= 0.3 is 0 Å². The normalized spacial score (nSPS) is 10.5. The molecule has 1 aromatic carbocycles. The molecule has 0 spiro atoms. The van der Waals surface area contributed by atoms with Gasteiger partial charge in [-0.15, -0.1) is 0 Å². The van der Waals surface area contributed by atoms with Gasteiger partial charge in [-0.25, -0.2) is 9.97 Å². The van der Waals surface area contributed by atoms with Crippen molar-refractivity contribution in [2.24, 2.45) is 7.05 Å². The number of benzene rings is 1. The topological polar surface area (TPSA) is 102 Å². The molecule has 3 aromatic heterocycles. The van der Waals surface area contributed by atoms with Crippen LogP contribution in [-0.2, 0) is 7.05 Å². The SMILES string of the molecule is Cn1cc(NC(=O)c2ncc(-c3cccc(Oc4ccccn4)c3)[nH]2)ccc1=O. The number of ether oxygens (including phenoxy) is 1. The minimum absolute atomic E-state index is 0.156. The number of amides is 1. The Labute approximate surface area is 165 Å². The van der Waals surface area contributed by atoms with Gasteiger partial charge < -0.3 is 19.6 Å².